The molecule has 2 aromatic carbocycles. The summed E-state index contributed by atoms with van der Waals surface area (Å²) in [6.45, 7) is 1.13. The van der Waals surface area contributed by atoms with Crippen LogP contribution >= 0.6 is 0 Å². The van der Waals surface area contributed by atoms with Crippen LogP contribution in [0, 0.1) is 11.3 Å². The number of pyridine rings is 1. The zero-order chi connectivity index (χ0) is 17.2. The van der Waals surface area contributed by atoms with Crippen LogP contribution in [0.2, 0.25) is 0 Å². The molecule has 25 heavy (non-hydrogen) atoms. The minimum atomic E-state index is 0.121. The fraction of sp³-hybridized carbons (Fsp3) is 0.158. The first-order valence-electron chi connectivity index (χ1n) is 7.83. The summed E-state index contributed by atoms with van der Waals surface area (Å²) in [7, 11) is 0. The van der Waals surface area contributed by atoms with E-state index in [4.69, 9.17) is 19.9 Å². The van der Waals surface area contributed by atoms with Crippen LogP contribution < -0.4 is 15.2 Å². The van der Waals surface area contributed by atoms with Crippen molar-refractivity contribution in [1.29, 1.82) is 5.26 Å². The number of nitrogens with two attached hydrogens (primary N) is 1. The van der Waals surface area contributed by atoms with Gasteiger partial charge in [-0.2, -0.15) is 5.26 Å². The van der Waals surface area contributed by atoms with E-state index in [2.05, 4.69) is 11.1 Å². The normalized spacial score (nSPS) is 15.6. The average molecular weight is 333 g/mol. The molecule has 1 saturated heterocycles. The molecule has 0 unspecified atom stereocenters. The van der Waals surface area contributed by atoms with E-state index >= 15 is 0 Å². The molecule has 0 saturated carbocycles. The molecule has 0 bridgehead atoms. The molecule has 4 rings (SSSR count). The maximum atomic E-state index is 9.43. The number of anilines is 1. The number of ether oxygens (including phenoxy) is 3. The fourth-order valence-corrected chi connectivity index (χ4v) is 2.45. The summed E-state index contributed by atoms with van der Waals surface area (Å²) in [6, 6.07) is 14.5. The Morgan fingerprint density at radius 2 is 2.00 bits per heavy atom. The van der Waals surface area contributed by atoms with Gasteiger partial charge in [0, 0.05) is 23.3 Å². The molecule has 0 amide bonds. The highest BCUT2D eigenvalue weighted by atomic mass is 16.6. The minimum Gasteiger partial charge on any atom is -0.489 e. The highest BCUT2D eigenvalue weighted by molar-refractivity contribution is 5.88. The quantitative estimate of drug-likeness (QED) is 0.569. The van der Waals surface area contributed by atoms with Crippen LogP contribution in [0.4, 0.5) is 5.69 Å². The maximum Gasteiger partial charge on any atom is 0.139 e. The Hall–Kier alpha value is -3.30. The molecule has 0 aliphatic carbocycles. The third-order valence-electron chi connectivity index (χ3n) is 3.86. The van der Waals surface area contributed by atoms with Crippen molar-refractivity contribution in [3.8, 4) is 23.3 Å². The van der Waals surface area contributed by atoms with Crippen molar-refractivity contribution < 1.29 is 14.2 Å². The van der Waals surface area contributed by atoms with Gasteiger partial charge < -0.3 is 19.9 Å². The SMILES string of the molecule is N#Cc1cc2c(Oc3ccc(N)cc3)ccnc2cc1OC[C@H]1CO1. The Balaban J connectivity index is 1.70. The lowest BCUT2D eigenvalue weighted by Gasteiger charge is -2.11. The number of nitrogens with zero attached hydrogens (tertiary/aromatic N) is 2. The Morgan fingerprint density at radius 3 is 2.72 bits per heavy atom. The van der Waals surface area contributed by atoms with Crippen molar-refractivity contribution >= 4 is 16.6 Å². The van der Waals surface area contributed by atoms with Gasteiger partial charge >= 0.3 is 0 Å². The number of benzene rings is 2. The van der Waals surface area contributed by atoms with E-state index in [1.807, 2.05) is 0 Å². The topological polar surface area (TPSA) is 93.7 Å². The van der Waals surface area contributed by atoms with Crippen LogP contribution in [-0.4, -0.2) is 24.3 Å². The van der Waals surface area contributed by atoms with Gasteiger partial charge in [-0.15, -0.1) is 0 Å². The predicted octanol–water partition coefficient (Wildman–Crippen LogP) is 3.26. The van der Waals surface area contributed by atoms with Crippen LogP contribution in [0.5, 0.6) is 17.2 Å². The second kappa shape index (κ2) is 6.30. The lowest BCUT2D eigenvalue weighted by Crippen LogP contribution is -2.05. The molecule has 6 nitrogen and oxygen atoms in total. The van der Waals surface area contributed by atoms with Crippen molar-refractivity contribution in [2.45, 2.75) is 6.10 Å². The van der Waals surface area contributed by atoms with E-state index in [-0.39, 0.29) is 6.10 Å². The third-order valence-corrected chi connectivity index (χ3v) is 3.86. The van der Waals surface area contributed by atoms with E-state index in [1.165, 1.54) is 0 Å². The number of epoxide rings is 1. The summed E-state index contributed by atoms with van der Waals surface area (Å²) in [5, 5.41) is 10.2. The molecule has 1 atom stereocenters. The Morgan fingerprint density at radius 1 is 1.20 bits per heavy atom. The molecule has 1 aliphatic rings. The predicted molar refractivity (Wildman–Crippen MR) is 92.6 cm³/mol. The highest BCUT2D eigenvalue weighted by Gasteiger charge is 2.24. The summed E-state index contributed by atoms with van der Waals surface area (Å²) in [5.41, 5.74) is 7.49. The lowest BCUT2D eigenvalue weighted by molar-refractivity contribution is 0.262. The number of nitrogen functional groups attached to an aromatic ring is 1. The van der Waals surface area contributed by atoms with Gasteiger partial charge in [-0.05, 0) is 36.4 Å². The van der Waals surface area contributed by atoms with E-state index in [0.717, 1.165) is 5.39 Å². The molecule has 1 aliphatic heterocycles. The standard InChI is InChI=1S/C19H15N3O3/c20-9-12-7-16-17(8-19(12)24-11-15-10-23-15)22-6-5-18(16)25-14-3-1-13(21)2-4-14/h1-8,15H,10-11,21H2/t15-/m1/s1. The van der Waals surface area contributed by atoms with Gasteiger partial charge in [-0.3, -0.25) is 4.98 Å². The van der Waals surface area contributed by atoms with Crippen LogP contribution in [0.3, 0.4) is 0 Å². The van der Waals surface area contributed by atoms with Crippen molar-refractivity contribution in [3.05, 3.63) is 54.2 Å². The number of hydrogen-bond acceptors (Lipinski definition) is 6. The molecule has 0 radical (unpaired) electrons. The van der Waals surface area contributed by atoms with E-state index < -0.39 is 0 Å². The van der Waals surface area contributed by atoms with Gasteiger partial charge in [0.1, 0.15) is 36.0 Å². The molecule has 1 aromatic heterocycles. The van der Waals surface area contributed by atoms with Crippen LogP contribution in [0.15, 0.2) is 48.7 Å². The van der Waals surface area contributed by atoms with Crippen LogP contribution in [-0.2, 0) is 4.74 Å². The second-order valence-corrected chi connectivity index (χ2v) is 5.72. The number of rotatable bonds is 5. The van der Waals surface area contributed by atoms with Crippen molar-refractivity contribution in [3.63, 3.8) is 0 Å². The van der Waals surface area contributed by atoms with Gasteiger partial charge in [0.25, 0.3) is 0 Å². The van der Waals surface area contributed by atoms with Gasteiger partial charge in [0.15, 0.2) is 0 Å². The molecular weight excluding hydrogens is 318 g/mol. The summed E-state index contributed by atoms with van der Waals surface area (Å²) in [6.07, 6.45) is 1.78. The first-order valence-corrected chi connectivity index (χ1v) is 7.83. The zero-order valence-corrected chi connectivity index (χ0v) is 13.3. The fourth-order valence-electron chi connectivity index (χ4n) is 2.45. The molecule has 2 N–H and O–H groups in total. The molecule has 1 fully saturated rings. The number of nitriles is 1. The highest BCUT2D eigenvalue weighted by Crippen LogP contribution is 2.33. The van der Waals surface area contributed by atoms with Crippen molar-refractivity contribution in [2.75, 3.05) is 18.9 Å². The Kier molecular flexibility index (Phi) is 3.84. The molecule has 6 heteroatoms. The molecule has 0 spiro atoms. The monoisotopic (exact) mass is 333 g/mol. The zero-order valence-electron chi connectivity index (χ0n) is 13.3. The largest absolute Gasteiger partial charge is 0.489 e. The van der Waals surface area contributed by atoms with E-state index in [1.54, 1.807) is 48.7 Å². The minimum absolute atomic E-state index is 0.121. The van der Waals surface area contributed by atoms with Gasteiger partial charge in [-0.25, -0.2) is 0 Å². The number of aromatic nitrogens is 1. The summed E-state index contributed by atoms with van der Waals surface area (Å²) in [5.74, 6) is 1.78. The summed E-state index contributed by atoms with van der Waals surface area (Å²) < 4.78 is 16.8. The van der Waals surface area contributed by atoms with Gasteiger partial charge in [0.05, 0.1) is 17.7 Å². The first-order chi connectivity index (χ1) is 12.2. The van der Waals surface area contributed by atoms with Gasteiger partial charge in [0.2, 0.25) is 0 Å². The summed E-state index contributed by atoms with van der Waals surface area (Å²) >= 11 is 0. The third kappa shape index (κ3) is 3.32. The Bertz CT molecular complexity index is 960. The van der Waals surface area contributed by atoms with Crippen LogP contribution in [0.25, 0.3) is 10.9 Å². The van der Waals surface area contributed by atoms with Crippen LogP contribution in [0.1, 0.15) is 5.56 Å². The molecule has 124 valence electrons. The van der Waals surface area contributed by atoms with E-state index in [9.17, 15) is 5.26 Å². The molecular formula is C19H15N3O3. The number of fused-ring (bicyclic) bond motifs is 1. The number of hydrogen-bond donors (Lipinski definition) is 1. The average Bonchev–Trinajstić information content (AvgIpc) is 3.46. The Labute approximate surface area is 144 Å². The second-order valence-electron chi connectivity index (χ2n) is 5.72. The summed E-state index contributed by atoms with van der Waals surface area (Å²) in [4.78, 5) is 4.36. The molecule has 3 aromatic rings. The maximum absolute atomic E-state index is 9.43. The van der Waals surface area contributed by atoms with Gasteiger partial charge in [-0.1, -0.05) is 0 Å². The van der Waals surface area contributed by atoms with Crippen molar-refractivity contribution in [2.24, 2.45) is 0 Å². The lowest BCUT2D eigenvalue weighted by atomic mass is 10.1. The van der Waals surface area contributed by atoms with E-state index in [0.29, 0.717) is 47.2 Å². The first kappa shape index (κ1) is 15.2. The molecule has 2 heterocycles. The van der Waals surface area contributed by atoms with Crippen molar-refractivity contribution in [1.82, 2.24) is 4.98 Å². The smallest absolute Gasteiger partial charge is 0.139 e.